The summed E-state index contributed by atoms with van der Waals surface area (Å²) in [5, 5.41) is 0. The van der Waals surface area contributed by atoms with Gasteiger partial charge in [0, 0.05) is 12.8 Å². The zero-order valence-corrected chi connectivity index (χ0v) is 28.9. The van der Waals surface area contributed by atoms with Crippen molar-refractivity contribution in [3.8, 4) is 0 Å². The van der Waals surface area contributed by atoms with Gasteiger partial charge in [0.2, 0.25) is 0 Å². The van der Waals surface area contributed by atoms with Crippen molar-refractivity contribution in [3.05, 3.63) is 60.8 Å². The highest BCUT2D eigenvalue weighted by Crippen LogP contribution is 2.35. The van der Waals surface area contributed by atoms with Crippen molar-refractivity contribution in [2.75, 3.05) is 13.2 Å². The van der Waals surface area contributed by atoms with E-state index in [1.165, 1.54) is 25.7 Å². The molecule has 0 heterocycles. The van der Waals surface area contributed by atoms with Crippen LogP contribution in [0.2, 0.25) is 0 Å². The number of rotatable bonds is 30. The molecule has 0 bridgehead atoms. The Kier molecular flexibility index (Phi) is 30.1. The molecule has 0 rings (SSSR count). The molecular formula is C36H61O8P. The maximum Gasteiger partial charge on any atom is 0.469 e. The van der Waals surface area contributed by atoms with Gasteiger partial charge in [0.1, 0.15) is 6.61 Å². The van der Waals surface area contributed by atoms with Gasteiger partial charge in [0.25, 0.3) is 0 Å². The van der Waals surface area contributed by atoms with Crippen molar-refractivity contribution in [1.29, 1.82) is 0 Å². The summed E-state index contributed by atoms with van der Waals surface area (Å²) in [5.74, 6) is -0.934. The van der Waals surface area contributed by atoms with Gasteiger partial charge in [0.15, 0.2) is 6.10 Å². The predicted molar refractivity (Wildman–Crippen MR) is 184 cm³/mol. The Labute approximate surface area is 273 Å². The van der Waals surface area contributed by atoms with Gasteiger partial charge in [-0.15, -0.1) is 0 Å². The van der Waals surface area contributed by atoms with Crippen LogP contribution in [0.5, 0.6) is 0 Å². The van der Waals surface area contributed by atoms with Crippen molar-refractivity contribution in [3.63, 3.8) is 0 Å². The summed E-state index contributed by atoms with van der Waals surface area (Å²) in [6.45, 7) is 3.47. The summed E-state index contributed by atoms with van der Waals surface area (Å²) in [6.07, 6.45) is 38.2. The van der Waals surface area contributed by atoms with Crippen LogP contribution in [0.3, 0.4) is 0 Å². The number of carbonyl (C=O) groups excluding carboxylic acids is 2. The van der Waals surface area contributed by atoms with Crippen LogP contribution in [-0.4, -0.2) is 41.0 Å². The number of ether oxygens (including phenoxy) is 2. The molecule has 0 spiro atoms. The minimum atomic E-state index is -4.75. The van der Waals surface area contributed by atoms with Crippen LogP contribution in [0.1, 0.15) is 136 Å². The van der Waals surface area contributed by atoms with Crippen LogP contribution in [0, 0.1) is 0 Å². The summed E-state index contributed by atoms with van der Waals surface area (Å²) in [6, 6.07) is 0. The van der Waals surface area contributed by atoms with Gasteiger partial charge in [-0.1, -0.05) is 126 Å². The molecule has 2 N–H and O–H groups in total. The van der Waals surface area contributed by atoms with Crippen LogP contribution in [0.15, 0.2) is 60.8 Å². The second-order valence-electron chi connectivity index (χ2n) is 11.1. The monoisotopic (exact) mass is 652 g/mol. The Morgan fingerprint density at radius 3 is 1.60 bits per heavy atom. The third-order valence-corrected chi connectivity index (χ3v) is 7.29. The molecule has 0 aliphatic heterocycles. The molecule has 0 amide bonds. The fraction of sp³-hybridized carbons (Fsp3) is 0.667. The number of hydrogen-bond donors (Lipinski definition) is 2. The third-order valence-electron chi connectivity index (χ3n) is 6.80. The summed E-state index contributed by atoms with van der Waals surface area (Å²) >= 11 is 0. The fourth-order valence-electron chi connectivity index (χ4n) is 4.28. The van der Waals surface area contributed by atoms with Gasteiger partial charge >= 0.3 is 19.8 Å². The second-order valence-corrected chi connectivity index (χ2v) is 12.4. The maximum absolute atomic E-state index is 12.2. The van der Waals surface area contributed by atoms with Crippen LogP contribution >= 0.6 is 7.82 Å². The van der Waals surface area contributed by atoms with E-state index in [9.17, 15) is 14.2 Å². The Bertz CT molecular complexity index is 916. The van der Waals surface area contributed by atoms with Crippen molar-refractivity contribution in [1.82, 2.24) is 0 Å². The first kappa shape index (κ1) is 42.8. The van der Waals surface area contributed by atoms with Crippen molar-refractivity contribution >= 4 is 19.8 Å². The standard InChI is InChI=1S/C36H61O8P/c1-3-5-7-9-11-13-14-15-16-17-18-19-20-21-22-23-25-26-28-30-35(37)42-32-34(33-43-45(39,40)41)44-36(38)31-29-27-24-12-10-8-6-4-2/h5,7,11,13,15-16,18-19,21-22,34H,3-4,6,8-10,12,14,17,20,23-33H2,1-2H3,(H2,39,40,41)/b7-5+,13-11+,16-15+,19-18+,22-21+/t34-/m1/s1. The van der Waals surface area contributed by atoms with Gasteiger partial charge in [-0.05, 0) is 57.8 Å². The summed E-state index contributed by atoms with van der Waals surface area (Å²) in [4.78, 5) is 42.4. The molecule has 0 unspecified atom stereocenters. The Balaban J connectivity index is 4.04. The zero-order valence-electron chi connectivity index (χ0n) is 28.0. The molecule has 0 saturated heterocycles. The van der Waals surface area contributed by atoms with Crippen LogP contribution in [-0.2, 0) is 28.2 Å². The molecule has 9 heteroatoms. The molecule has 1 atom stereocenters. The zero-order chi connectivity index (χ0) is 33.3. The Hall–Kier alpha value is -2.25. The van der Waals surface area contributed by atoms with Crippen molar-refractivity contribution < 1.29 is 37.9 Å². The van der Waals surface area contributed by atoms with E-state index in [0.29, 0.717) is 12.8 Å². The van der Waals surface area contributed by atoms with E-state index in [-0.39, 0.29) is 19.4 Å². The molecular weight excluding hydrogens is 591 g/mol. The van der Waals surface area contributed by atoms with E-state index in [2.05, 4.69) is 79.1 Å². The first-order valence-electron chi connectivity index (χ1n) is 17.1. The molecule has 0 aromatic heterocycles. The number of allylic oxidation sites excluding steroid dienone is 10. The van der Waals surface area contributed by atoms with E-state index in [1.54, 1.807) is 0 Å². The summed E-state index contributed by atoms with van der Waals surface area (Å²) < 4.78 is 26.1. The molecule has 0 aliphatic rings. The van der Waals surface area contributed by atoms with Gasteiger partial charge in [-0.25, -0.2) is 4.57 Å². The SMILES string of the molecule is CC/C=C/C/C=C/C/C=C/C/C=C/C/C=C/CCCCCC(=O)OC[C@H](COP(=O)(O)O)OC(=O)CCCCCCCCCC. The minimum Gasteiger partial charge on any atom is -0.462 e. The number of carbonyl (C=O) groups is 2. The molecule has 0 radical (unpaired) electrons. The number of unbranched alkanes of at least 4 members (excludes halogenated alkanes) is 10. The quantitative estimate of drug-likeness (QED) is 0.0341. The second kappa shape index (κ2) is 31.7. The molecule has 0 aliphatic carbocycles. The average molecular weight is 653 g/mol. The Morgan fingerprint density at radius 1 is 0.600 bits per heavy atom. The third kappa shape index (κ3) is 34.5. The van der Waals surface area contributed by atoms with Crippen LogP contribution < -0.4 is 0 Å². The number of esters is 2. The summed E-state index contributed by atoms with van der Waals surface area (Å²) in [5.41, 5.74) is 0. The fourth-order valence-corrected chi connectivity index (χ4v) is 4.64. The first-order chi connectivity index (χ1) is 21.8. The first-order valence-corrected chi connectivity index (χ1v) is 18.6. The van der Waals surface area contributed by atoms with Crippen LogP contribution in [0.25, 0.3) is 0 Å². The highest BCUT2D eigenvalue weighted by atomic mass is 31.2. The maximum atomic E-state index is 12.2. The lowest BCUT2D eigenvalue weighted by atomic mass is 10.1. The molecule has 45 heavy (non-hydrogen) atoms. The molecule has 258 valence electrons. The lowest BCUT2D eigenvalue weighted by Crippen LogP contribution is -2.29. The lowest BCUT2D eigenvalue weighted by molar-refractivity contribution is -0.161. The Morgan fingerprint density at radius 2 is 1.07 bits per heavy atom. The minimum absolute atomic E-state index is 0.202. The van der Waals surface area contributed by atoms with E-state index in [1.807, 2.05) is 0 Å². The molecule has 0 fully saturated rings. The number of hydrogen-bond acceptors (Lipinski definition) is 6. The lowest BCUT2D eigenvalue weighted by Gasteiger charge is -2.18. The normalized spacial score (nSPS) is 13.2. The molecule has 0 aromatic rings. The molecule has 0 aromatic carbocycles. The van der Waals surface area contributed by atoms with Gasteiger partial charge in [-0.3, -0.25) is 14.1 Å². The topological polar surface area (TPSA) is 119 Å². The highest BCUT2D eigenvalue weighted by Gasteiger charge is 2.22. The van der Waals surface area contributed by atoms with E-state index in [4.69, 9.17) is 19.3 Å². The van der Waals surface area contributed by atoms with Gasteiger partial charge < -0.3 is 19.3 Å². The molecule has 8 nitrogen and oxygen atoms in total. The molecule has 0 saturated carbocycles. The predicted octanol–water partition coefficient (Wildman–Crippen LogP) is 9.78. The number of phosphoric acid groups is 1. The highest BCUT2D eigenvalue weighted by molar-refractivity contribution is 7.46. The van der Waals surface area contributed by atoms with Crippen molar-refractivity contribution in [2.45, 2.75) is 142 Å². The van der Waals surface area contributed by atoms with Gasteiger partial charge in [0.05, 0.1) is 6.61 Å². The largest absolute Gasteiger partial charge is 0.469 e. The van der Waals surface area contributed by atoms with Gasteiger partial charge in [-0.2, -0.15) is 0 Å². The van der Waals surface area contributed by atoms with E-state index < -0.39 is 32.5 Å². The smallest absolute Gasteiger partial charge is 0.462 e. The average Bonchev–Trinajstić information content (AvgIpc) is 3.00. The number of phosphoric ester groups is 1. The summed E-state index contributed by atoms with van der Waals surface area (Å²) in [7, 11) is -4.75. The van der Waals surface area contributed by atoms with Crippen LogP contribution in [0.4, 0.5) is 0 Å². The van der Waals surface area contributed by atoms with E-state index >= 15 is 0 Å². The van der Waals surface area contributed by atoms with E-state index in [0.717, 1.165) is 70.6 Å². The van der Waals surface area contributed by atoms with Crippen molar-refractivity contribution in [2.24, 2.45) is 0 Å².